The van der Waals surface area contributed by atoms with E-state index in [0.717, 1.165) is 5.75 Å². The van der Waals surface area contributed by atoms with E-state index in [4.69, 9.17) is 12.2 Å². The molecular formula is C21H26FN3OS2. The Balaban J connectivity index is 1.80. The number of hydrogen-bond acceptors (Lipinski definition) is 3. The highest BCUT2D eigenvalue weighted by Crippen LogP contribution is 2.28. The van der Waals surface area contributed by atoms with Gasteiger partial charge in [-0.25, -0.2) is 4.39 Å². The normalized spacial score (nSPS) is 10.5. The molecule has 28 heavy (non-hydrogen) atoms. The summed E-state index contributed by atoms with van der Waals surface area (Å²) in [6.07, 6.45) is 0. The topological polar surface area (TPSA) is 53.2 Å². The van der Waals surface area contributed by atoms with Gasteiger partial charge in [-0.2, -0.15) is 0 Å². The Kier molecular flexibility index (Phi) is 7.83. The minimum absolute atomic E-state index is 0.163. The van der Waals surface area contributed by atoms with Crippen molar-refractivity contribution < 1.29 is 9.18 Å². The van der Waals surface area contributed by atoms with Crippen molar-refractivity contribution in [2.24, 2.45) is 0 Å². The van der Waals surface area contributed by atoms with Crippen molar-refractivity contribution in [3.05, 3.63) is 63.5 Å². The van der Waals surface area contributed by atoms with Crippen molar-refractivity contribution in [3.63, 3.8) is 0 Å². The average molecular weight is 420 g/mol. The summed E-state index contributed by atoms with van der Waals surface area (Å²) < 4.78 is 12.9. The lowest BCUT2D eigenvalue weighted by Gasteiger charge is -2.18. The molecule has 0 heterocycles. The van der Waals surface area contributed by atoms with Crippen molar-refractivity contribution in [2.75, 3.05) is 11.1 Å². The van der Waals surface area contributed by atoms with Crippen LogP contribution in [-0.2, 0) is 10.5 Å². The molecule has 0 atom stereocenters. The van der Waals surface area contributed by atoms with Gasteiger partial charge in [0.2, 0.25) is 5.91 Å². The zero-order valence-electron chi connectivity index (χ0n) is 16.8. The predicted octanol–water partition coefficient (Wildman–Crippen LogP) is 4.62. The standard InChI is InChI=1S/C21H26FN3OS2/c1-12-13(2)15(4)19(16(5)14(12)3)10-28-11-20(26)24-25-21(27)23-18-8-6-17(22)7-9-18/h6-9H,10-11H2,1-5H3,(H,24,26)(H2,23,25,27). The first-order valence-corrected chi connectivity index (χ1v) is 10.5. The number of benzene rings is 2. The zero-order chi connectivity index (χ0) is 20.8. The Morgan fingerprint density at radius 1 is 0.929 bits per heavy atom. The van der Waals surface area contributed by atoms with E-state index in [1.54, 1.807) is 23.9 Å². The van der Waals surface area contributed by atoms with Crippen LogP contribution in [0, 0.1) is 40.4 Å². The van der Waals surface area contributed by atoms with Gasteiger partial charge in [0.15, 0.2) is 5.11 Å². The number of amides is 1. The van der Waals surface area contributed by atoms with Crippen molar-refractivity contribution in [1.29, 1.82) is 0 Å². The molecule has 0 aromatic heterocycles. The van der Waals surface area contributed by atoms with Crippen molar-refractivity contribution in [2.45, 2.75) is 40.4 Å². The highest BCUT2D eigenvalue weighted by Gasteiger charge is 2.13. The third-order valence-corrected chi connectivity index (χ3v) is 6.22. The molecule has 0 fully saturated rings. The number of rotatable bonds is 5. The molecule has 0 spiro atoms. The fourth-order valence-electron chi connectivity index (χ4n) is 2.90. The molecule has 1 amide bonds. The molecule has 150 valence electrons. The third kappa shape index (κ3) is 5.69. The van der Waals surface area contributed by atoms with Gasteiger partial charge in [-0.15, -0.1) is 11.8 Å². The second-order valence-electron chi connectivity index (χ2n) is 6.73. The molecule has 2 aromatic rings. The molecule has 0 bridgehead atoms. The lowest BCUT2D eigenvalue weighted by Crippen LogP contribution is -2.44. The summed E-state index contributed by atoms with van der Waals surface area (Å²) in [6, 6.07) is 5.80. The molecule has 0 unspecified atom stereocenters. The minimum atomic E-state index is -0.320. The quantitative estimate of drug-likeness (QED) is 0.488. The molecule has 4 nitrogen and oxygen atoms in total. The summed E-state index contributed by atoms with van der Waals surface area (Å²) >= 11 is 6.68. The van der Waals surface area contributed by atoms with E-state index < -0.39 is 0 Å². The molecule has 7 heteroatoms. The number of carbonyl (C=O) groups is 1. The van der Waals surface area contributed by atoms with Gasteiger partial charge in [-0.1, -0.05) is 0 Å². The number of nitrogens with one attached hydrogen (secondary N) is 3. The number of thiocarbonyl (C=S) groups is 1. The molecule has 0 aliphatic rings. The molecule has 0 saturated heterocycles. The van der Waals surface area contributed by atoms with Crippen LogP contribution < -0.4 is 16.2 Å². The smallest absolute Gasteiger partial charge is 0.248 e. The Morgan fingerprint density at radius 3 is 2.04 bits per heavy atom. The maximum Gasteiger partial charge on any atom is 0.248 e. The van der Waals surface area contributed by atoms with E-state index in [0.29, 0.717) is 11.4 Å². The summed E-state index contributed by atoms with van der Waals surface area (Å²) in [6.45, 7) is 10.7. The van der Waals surface area contributed by atoms with Gasteiger partial charge in [0.1, 0.15) is 5.82 Å². The molecule has 2 aromatic carbocycles. The fourth-order valence-corrected chi connectivity index (χ4v) is 4.06. The molecule has 0 aliphatic carbocycles. The Hall–Kier alpha value is -2.12. The van der Waals surface area contributed by atoms with Gasteiger partial charge in [0, 0.05) is 11.4 Å². The van der Waals surface area contributed by atoms with Gasteiger partial charge in [-0.05, 0) is 104 Å². The fraction of sp³-hybridized carbons (Fsp3) is 0.333. The predicted molar refractivity (Wildman–Crippen MR) is 120 cm³/mol. The first-order valence-electron chi connectivity index (χ1n) is 8.95. The van der Waals surface area contributed by atoms with Crippen molar-refractivity contribution >= 4 is 40.7 Å². The molecule has 0 aliphatic heterocycles. The van der Waals surface area contributed by atoms with E-state index in [9.17, 15) is 9.18 Å². The van der Waals surface area contributed by atoms with E-state index in [1.165, 1.54) is 45.5 Å². The van der Waals surface area contributed by atoms with Crippen LogP contribution >= 0.6 is 24.0 Å². The van der Waals surface area contributed by atoms with E-state index in [2.05, 4.69) is 50.8 Å². The van der Waals surface area contributed by atoms with Crippen molar-refractivity contribution in [3.8, 4) is 0 Å². The lowest BCUT2D eigenvalue weighted by molar-refractivity contribution is -0.119. The van der Waals surface area contributed by atoms with Crippen LogP contribution in [-0.4, -0.2) is 16.8 Å². The average Bonchev–Trinajstić information content (AvgIpc) is 2.67. The first kappa shape index (κ1) is 22.2. The third-order valence-electron chi connectivity index (χ3n) is 5.05. The summed E-state index contributed by atoms with van der Waals surface area (Å²) in [5.74, 6) is 0.616. The first-order chi connectivity index (χ1) is 13.2. The molecule has 0 saturated carbocycles. The second kappa shape index (κ2) is 9.89. The van der Waals surface area contributed by atoms with Crippen LogP contribution in [0.4, 0.5) is 10.1 Å². The van der Waals surface area contributed by atoms with E-state index in [-0.39, 0.29) is 16.8 Å². The number of thioether (sulfide) groups is 1. The van der Waals surface area contributed by atoms with Gasteiger partial charge in [0.25, 0.3) is 0 Å². The van der Waals surface area contributed by atoms with E-state index in [1.807, 2.05) is 0 Å². The van der Waals surface area contributed by atoms with Gasteiger partial charge in [0.05, 0.1) is 5.75 Å². The monoisotopic (exact) mass is 419 g/mol. The van der Waals surface area contributed by atoms with Gasteiger partial charge in [-0.3, -0.25) is 15.6 Å². The Morgan fingerprint density at radius 2 is 1.46 bits per heavy atom. The number of anilines is 1. The van der Waals surface area contributed by atoms with Crippen LogP contribution in [0.15, 0.2) is 24.3 Å². The molecule has 2 rings (SSSR count). The molecular weight excluding hydrogens is 393 g/mol. The van der Waals surface area contributed by atoms with Gasteiger partial charge < -0.3 is 5.32 Å². The SMILES string of the molecule is Cc1c(C)c(C)c(CSCC(=O)NNC(=S)Nc2ccc(F)cc2)c(C)c1C. The van der Waals surface area contributed by atoms with Crippen LogP contribution in [0.3, 0.4) is 0 Å². The summed E-state index contributed by atoms with van der Waals surface area (Å²) in [7, 11) is 0. The largest absolute Gasteiger partial charge is 0.331 e. The van der Waals surface area contributed by atoms with Crippen LogP contribution in [0.2, 0.25) is 0 Å². The number of halogens is 1. The molecule has 3 N–H and O–H groups in total. The number of carbonyl (C=O) groups excluding carboxylic acids is 1. The maximum atomic E-state index is 12.9. The Bertz CT molecular complexity index is 853. The highest BCUT2D eigenvalue weighted by atomic mass is 32.2. The summed E-state index contributed by atoms with van der Waals surface area (Å²) in [5, 5.41) is 3.11. The number of hydrazine groups is 1. The molecule has 0 radical (unpaired) electrons. The second-order valence-corrected chi connectivity index (χ2v) is 8.12. The van der Waals surface area contributed by atoms with Crippen LogP contribution in [0.1, 0.15) is 33.4 Å². The lowest BCUT2D eigenvalue weighted by atomic mass is 9.90. The summed E-state index contributed by atoms with van der Waals surface area (Å²) in [5.41, 5.74) is 13.8. The highest BCUT2D eigenvalue weighted by molar-refractivity contribution is 7.99. The van der Waals surface area contributed by atoms with Crippen LogP contribution in [0.5, 0.6) is 0 Å². The number of hydrogen-bond donors (Lipinski definition) is 3. The Labute approximate surface area is 175 Å². The van der Waals surface area contributed by atoms with E-state index >= 15 is 0 Å². The minimum Gasteiger partial charge on any atom is -0.331 e. The van der Waals surface area contributed by atoms with Crippen LogP contribution in [0.25, 0.3) is 0 Å². The van der Waals surface area contributed by atoms with Crippen molar-refractivity contribution in [1.82, 2.24) is 10.9 Å². The van der Waals surface area contributed by atoms with Gasteiger partial charge >= 0.3 is 0 Å². The maximum absolute atomic E-state index is 12.9. The zero-order valence-corrected chi connectivity index (χ0v) is 18.5. The summed E-state index contributed by atoms with van der Waals surface area (Å²) in [4.78, 5) is 12.1.